The van der Waals surface area contributed by atoms with Crippen molar-refractivity contribution >= 4 is 17.6 Å². The Kier molecular flexibility index (Phi) is 3.05. The third kappa shape index (κ3) is 1.83. The van der Waals surface area contributed by atoms with Gasteiger partial charge in [-0.05, 0) is 13.0 Å². The molecular weight excluding hydrogens is 204 g/mol. The maximum atomic E-state index is 11.1. The van der Waals surface area contributed by atoms with Gasteiger partial charge >= 0.3 is 5.97 Å². The Morgan fingerprint density at radius 3 is 2.86 bits per heavy atom. The van der Waals surface area contributed by atoms with Crippen LogP contribution in [0, 0.1) is 18.3 Å². The Morgan fingerprint density at radius 2 is 2.36 bits per heavy atom. The van der Waals surface area contributed by atoms with Crippen molar-refractivity contribution in [3.05, 3.63) is 28.0 Å². The molecular formula is C9H7ClN2O2. The lowest BCUT2D eigenvalue weighted by Crippen LogP contribution is -2.07. The van der Waals surface area contributed by atoms with E-state index in [1.54, 1.807) is 6.92 Å². The molecule has 1 aromatic heterocycles. The first-order chi connectivity index (χ1) is 6.60. The minimum atomic E-state index is -0.609. The van der Waals surface area contributed by atoms with Crippen molar-refractivity contribution in [2.45, 2.75) is 6.92 Å². The molecule has 14 heavy (non-hydrogen) atoms. The Labute approximate surface area is 86.1 Å². The summed E-state index contributed by atoms with van der Waals surface area (Å²) in [5, 5.41) is 8.79. The number of pyridine rings is 1. The van der Waals surface area contributed by atoms with E-state index in [0.29, 0.717) is 11.3 Å². The molecule has 0 bridgehead atoms. The van der Waals surface area contributed by atoms with E-state index >= 15 is 0 Å². The standard InChI is InChI=1S/C9H7ClN2O2/c1-5-6(4-11)3-7(10)8(12-5)9(13)14-2/h3H,1-2H3. The van der Waals surface area contributed by atoms with E-state index in [0.717, 1.165) is 0 Å². The SMILES string of the molecule is COC(=O)c1nc(C)c(C#N)cc1Cl. The van der Waals surface area contributed by atoms with Gasteiger partial charge in [0.05, 0.1) is 23.4 Å². The van der Waals surface area contributed by atoms with Crippen molar-refractivity contribution in [3.63, 3.8) is 0 Å². The highest BCUT2D eigenvalue weighted by Crippen LogP contribution is 2.18. The molecule has 1 rings (SSSR count). The van der Waals surface area contributed by atoms with Crippen LogP contribution in [0.25, 0.3) is 0 Å². The molecule has 0 radical (unpaired) electrons. The first-order valence-corrected chi connectivity index (χ1v) is 4.13. The largest absolute Gasteiger partial charge is 0.464 e. The number of aromatic nitrogens is 1. The molecule has 1 aromatic rings. The van der Waals surface area contributed by atoms with Crippen LogP contribution in [0.1, 0.15) is 21.7 Å². The Morgan fingerprint density at radius 1 is 1.71 bits per heavy atom. The number of methoxy groups -OCH3 is 1. The second-order valence-corrected chi connectivity index (χ2v) is 2.96. The van der Waals surface area contributed by atoms with Crippen LogP contribution in [0.2, 0.25) is 5.02 Å². The predicted molar refractivity (Wildman–Crippen MR) is 50.0 cm³/mol. The normalized spacial score (nSPS) is 9.29. The van der Waals surface area contributed by atoms with Crippen molar-refractivity contribution in [2.24, 2.45) is 0 Å². The second-order valence-electron chi connectivity index (χ2n) is 2.56. The summed E-state index contributed by atoms with van der Waals surface area (Å²) in [6.07, 6.45) is 0. The smallest absolute Gasteiger partial charge is 0.358 e. The number of aryl methyl sites for hydroxylation is 1. The van der Waals surface area contributed by atoms with Crippen LogP contribution >= 0.6 is 11.6 Å². The van der Waals surface area contributed by atoms with Crippen molar-refractivity contribution in [2.75, 3.05) is 7.11 Å². The van der Waals surface area contributed by atoms with E-state index in [-0.39, 0.29) is 10.7 Å². The lowest BCUT2D eigenvalue weighted by atomic mass is 10.2. The zero-order valence-electron chi connectivity index (χ0n) is 7.67. The number of hydrogen-bond donors (Lipinski definition) is 0. The molecule has 72 valence electrons. The summed E-state index contributed by atoms with van der Waals surface area (Å²) in [6, 6.07) is 3.32. The fourth-order valence-electron chi connectivity index (χ4n) is 0.934. The second kappa shape index (κ2) is 4.07. The first-order valence-electron chi connectivity index (χ1n) is 3.75. The fourth-order valence-corrected chi connectivity index (χ4v) is 1.16. The maximum Gasteiger partial charge on any atom is 0.358 e. The van der Waals surface area contributed by atoms with Gasteiger partial charge in [0.25, 0.3) is 0 Å². The topological polar surface area (TPSA) is 63.0 Å². The zero-order valence-corrected chi connectivity index (χ0v) is 8.42. The van der Waals surface area contributed by atoms with Crippen molar-refractivity contribution in [1.29, 1.82) is 5.26 Å². The number of carbonyl (C=O) groups excluding carboxylic acids is 1. The van der Waals surface area contributed by atoms with Crippen molar-refractivity contribution in [3.8, 4) is 6.07 Å². The van der Waals surface area contributed by atoms with Crippen LogP contribution in [0.5, 0.6) is 0 Å². The van der Waals surface area contributed by atoms with E-state index in [4.69, 9.17) is 16.9 Å². The van der Waals surface area contributed by atoms with Gasteiger partial charge in [0.15, 0.2) is 5.69 Å². The van der Waals surface area contributed by atoms with E-state index < -0.39 is 5.97 Å². The minimum absolute atomic E-state index is 0.0330. The summed E-state index contributed by atoms with van der Waals surface area (Å²) in [5.74, 6) is -0.609. The highest BCUT2D eigenvalue weighted by atomic mass is 35.5. The average Bonchev–Trinajstić information content (AvgIpc) is 2.19. The molecule has 0 aliphatic heterocycles. The highest BCUT2D eigenvalue weighted by Gasteiger charge is 2.14. The van der Waals surface area contributed by atoms with Crippen LogP contribution < -0.4 is 0 Å². The number of carbonyl (C=O) groups is 1. The fraction of sp³-hybridized carbons (Fsp3) is 0.222. The monoisotopic (exact) mass is 210 g/mol. The summed E-state index contributed by atoms with van der Waals surface area (Å²) < 4.78 is 4.48. The third-order valence-corrected chi connectivity index (χ3v) is 1.95. The first kappa shape index (κ1) is 10.5. The van der Waals surface area contributed by atoms with Gasteiger partial charge in [0.1, 0.15) is 6.07 Å². The molecule has 4 nitrogen and oxygen atoms in total. The molecule has 0 N–H and O–H groups in total. The number of halogens is 1. The summed E-state index contributed by atoms with van der Waals surface area (Å²) in [7, 11) is 1.24. The number of hydrogen-bond acceptors (Lipinski definition) is 4. The molecule has 1 heterocycles. The quantitative estimate of drug-likeness (QED) is 0.662. The van der Waals surface area contributed by atoms with Crippen LogP contribution in [0.15, 0.2) is 6.07 Å². The number of ether oxygens (including phenoxy) is 1. The lowest BCUT2D eigenvalue weighted by molar-refractivity contribution is 0.0594. The Bertz CT molecular complexity index is 424. The number of esters is 1. The molecule has 0 unspecified atom stereocenters. The zero-order chi connectivity index (χ0) is 10.7. The third-order valence-electron chi connectivity index (χ3n) is 1.67. The van der Waals surface area contributed by atoms with Gasteiger partial charge in [-0.1, -0.05) is 11.6 Å². The van der Waals surface area contributed by atoms with Crippen molar-refractivity contribution in [1.82, 2.24) is 4.98 Å². The van der Waals surface area contributed by atoms with Gasteiger partial charge in [0.2, 0.25) is 0 Å². The van der Waals surface area contributed by atoms with Gasteiger partial charge in [0, 0.05) is 0 Å². The van der Waals surface area contributed by atoms with Gasteiger partial charge in [-0.2, -0.15) is 5.26 Å². The van der Waals surface area contributed by atoms with Crippen LogP contribution in [0.3, 0.4) is 0 Å². The number of nitriles is 1. The predicted octanol–water partition coefficient (Wildman–Crippen LogP) is 1.70. The molecule has 0 aliphatic rings. The molecule has 5 heteroatoms. The summed E-state index contributed by atoms with van der Waals surface area (Å²) in [5.41, 5.74) is 0.839. The molecule has 0 aliphatic carbocycles. The summed E-state index contributed by atoms with van der Waals surface area (Å²) in [6.45, 7) is 1.63. The van der Waals surface area contributed by atoms with E-state index in [1.165, 1.54) is 13.2 Å². The van der Waals surface area contributed by atoms with Crippen LogP contribution in [0.4, 0.5) is 0 Å². The molecule has 0 aromatic carbocycles. The highest BCUT2D eigenvalue weighted by molar-refractivity contribution is 6.33. The summed E-state index contributed by atoms with van der Waals surface area (Å²) >= 11 is 5.74. The van der Waals surface area contributed by atoms with E-state index in [9.17, 15) is 4.79 Å². The average molecular weight is 211 g/mol. The number of rotatable bonds is 1. The van der Waals surface area contributed by atoms with Crippen molar-refractivity contribution < 1.29 is 9.53 Å². The molecule has 0 saturated carbocycles. The van der Waals surface area contributed by atoms with Crippen LogP contribution in [-0.4, -0.2) is 18.1 Å². The number of nitrogens with zero attached hydrogens (tertiary/aromatic N) is 2. The maximum absolute atomic E-state index is 11.1. The van der Waals surface area contributed by atoms with Crippen LogP contribution in [-0.2, 0) is 4.74 Å². The molecule has 0 fully saturated rings. The molecule has 0 atom stereocenters. The van der Waals surface area contributed by atoms with Gasteiger partial charge in [-0.15, -0.1) is 0 Å². The Balaban J connectivity index is 3.30. The molecule has 0 amide bonds. The Hall–Kier alpha value is -1.60. The van der Waals surface area contributed by atoms with Gasteiger partial charge in [-0.3, -0.25) is 0 Å². The molecule has 0 spiro atoms. The summed E-state index contributed by atoms with van der Waals surface area (Å²) in [4.78, 5) is 15.0. The molecule has 0 saturated heterocycles. The van der Waals surface area contributed by atoms with E-state index in [2.05, 4.69) is 9.72 Å². The van der Waals surface area contributed by atoms with Gasteiger partial charge in [-0.25, -0.2) is 9.78 Å². The van der Waals surface area contributed by atoms with E-state index in [1.807, 2.05) is 6.07 Å². The lowest BCUT2D eigenvalue weighted by Gasteiger charge is -2.03. The van der Waals surface area contributed by atoms with Gasteiger partial charge < -0.3 is 4.74 Å². The minimum Gasteiger partial charge on any atom is -0.464 e.